The average molecular weight is 465 g/mol. The van der Waals surface area contributed by atoms with E-state index >= 15 is 0 Å². The van der Waals surface area contributed by atoms with E-state index in [1.165, 1.54) is 12.2 Å². The van der Waals surface area contributed by atoms with Crippen molar-refractivity contribution in [2.45, 2.75) is 64.8 Å². The number of amides is 2. The second kappa shape index (κ2) is 13.4. The first-order valence-corrected chi connectivity index (χ1v) is 11.6. The van der Waals surface area contributed by atoms with Crippen LogP contribution < -0.4 is 16.0 Å². The third kappa shape index (κ3) is 8.92. The lowest BCUT2D eigenvalue weighted by Gasteiger charge is -2.27. The Morgan fingerprint density at radius 2 is 1.68 bits per heavy atom. The zero-order chi connectivity index (χ0) is 25.1. The van der Waals surface area contributed by atoms with Gasteiger partial charge in [-0.15, -0.1) is 0 Å². The molecule has 2 aromatic rings. The summed E-state index contributed by atoms with van der Waals surface area (Å²) in [6.45, 7) is 7.32. The predicted molar refractivity (Wildman–Crippen MR) is 137 cm³/mol. The molecule has 2 aromatic carbocycles. The number of nitrogens with one attached hydrogen (secondary N) is 4. The molecule has 0 saturated carbocycles. The van der Waals surface area contributed by atoms with Gasteiger partial charge in [0, 0.05) is 29.6 Å². The summed E-state index contributed by atoms with van der Waals surface area (Å²) in [7, 11) is 0. The molecule has 4 atom stereocenters. The number of hydrogen-bond acceptors (Lipinski definition) is 5. The molecule has 0 aliphatic heterocycles. The molecule has 0 saturated heterocycles. The van der Waals surface area contributed by atoms with Gasteiger partial charge in [0.15, 0.2) is 0 Å². The van der Waals surface area contributed by atoms with Crippen molar-refractivity contribution in [1.82, 2.24) is 10.6 Å². The van der Waals surface area contributed by atoms with E-state index in [2.05, 4.69) is 29.8 Å². The molecule has 182 valence electrons. The maximum absolute atomic E-state index is 12.4. The molecule has 0 spiro atoms. The second-order valence-corrected chi connectivity index (χ2v) is 8.57. The summed E-state index contributed by atoms with van der Waals surface area (Å²) in [5.74, 6) is -0.745. The van der Waals surface area contributed by atoms with Crippen LogP contribution in [-0.4, -0.2) is 40.8 Å². The Labute approximate surface area is 202 Å². The monoisotopic (exact) mass is 464 g/mol. The highest BCUT2D eigenvalue weighted by Gasteiger charge is 2.21. The largest absolute Gasteiger partial charge is 0.387 e. The van der Waals surface area contributed by atoms with E-state index in [0.717, 1.165) is 24.0 Å². The lowest BCUT2D eigenvalue weighted by Crippen LogP contribution is -2.41. The van der Waals surface area contributed by atoms with Gasteiger partial charge in [0.05, 0.1) is 6.10 Å². The van der Waals surface area contributed by atoms with Crippen LogP contribution in [0.5, 0.6) is 0 Å². The molecule has 0 aliphatic carbocycles. The van der Waals surface area contributed by atoms with Crippen molar-refractivity contribution in [3.63, 3.8) is 0 Å². The Balaban J connectivity index is 1.87. The van der Waals surface area contributed by atoms with Crippen LogP contribution >= 0.6 is 0 Å². The number of aliphatic hydroxyl groups excluding tert-OH is 1. The van der Waals surface area contributed by atoms with E-state index in [9.17, 15) is 14.7 Å². The normalized spacial score (nSPS) is 14.7. The van der Waals surface area contributed by atoms with Crippen molar-refractivity contribution in [2.24, 2.45) is 0 Å². The van der Waals surface area contributed by atoms with Crippen LogP contribution in [-0.2, 0) is 16.0 Å². The number of carbonyl (C=O) groups is 2. The standard InChI is InChI=1S/C27H36N4O3/c1-5-24(26(33)22-9-7-6-8-10-22)29-19(3)17-21-12-14-23(15-13-21)31-27(34)20(4)30-25(32)16-11-18(2)28/h6-16,19-20,24,26,28-29,33H,5,17H2,1-4H3,(H,30,32)(H,31,34)/b16-11-,28-18?/t19-,20?,24+,26+/m0/s1. The van der Waals surface area contributed by atoms with Crippen LogP contribution in [0, 0.1) is 5.41 Å². The van der Waals surface area contributed by atoms with Crippen molar-refractivity contribution in [1.29, 1.82) is 5.41 Å². The highest BCUT2D eigenvalue weighted by atomic mass is 16.3. The van der Waals surface area contributed by atoms with Crippen molar-refractivity contribution < 1.29 is 14.7 Å². The Hall–Kier alpha value is -3.29. The van der Waals surface area contributed by atoms with Gasteiger partial charge in [-0.25, -0.2) is 0 Å². The molecule has 0 radical (unpaired) electrons. The van der Waals surface area contributed by atoms with Gasteiger partial charge in [-0.05, 0) is 62.9 Å². The first kappa shape index (κ1) is 27.0. The first-order chi connectivity index (χ1) is 16.2. The summed E-state index contributed by atoms with van der Waals surface area (Å²) < 4.78 is 0. The van der Waals surface area contributed by atoms with Crippen molar-refractivity contribution in [2.75, 3.05) is 5.32 Å². The maximum atomic E-state index is 12.4. The molecule has 2 rings (SSSR count). The lowest BCUT2D eigenvalue weighted by atomic mass is 9.98. The number of anilines is 1. The van der Waals surface area contributed by atoms with Gasteiger partial charge in [0.25, 0.3) is 0 Å². The average Bonchev–Trinajstić information content (AvgIpc) is 2.82. The molecular formula is C27H36N4O3. The van der Waals surface area contributed by atoms with Gasteiger partial charge in [0.1, 0.15) is 6.04 Å². The number of allylic oxidation sites excluding steroid dienone is 1. The minimum Gasteiger partial charge on any atom is -0.387 e. The van der Waals surface area contributed by atoms with Crippen LogP contribution in [0.2, 0.25) is 0 Å². The van der Waals surface area contributed by atoms with Crippen LogP contribution in [0.3, 0.4) is 0 Å². The molecule has 0 fully saturated rings. The van der Waals surface area contributed by atoms with E-state index in [-0.39, 0.29) is 23.7 Å². The number of benzene rings is 2. The third-order valence-electron chi connectivity index (χ3n) is 5.46. The van der Waals surface area contributed by atoms with Crippen molar-refractivity contribution in [3.05, 3.63) is 77.9 Å². The summed E-state index contributed by atoms with van der Waals surface area (Å²) in [6, 6.07) is 16.7. The molecule has 2 amide bonds. The number of hydrogen-bond donors (Lipinski definition) is 5. The summed E-state index contributed by atoms with van der Waals surface area (Å²) in [6.07, 6.45) is 3.62. The SMILES string of the molecule is CC[C@@H](N[C@@H](C)Cc1ccc(NC(=O)C(C)NC(=O)/C=C\C(C)=N)cc1)[C@H](O)c1ccccc1. The molecule has 0 aliphatic rings. The molecular weight excluding hydrogens is 428 g/mol. The molecule has 0 aromatic heterocycles. The number of rotatable bonds is 12. The van der Waals surface area contributed by atoms with E-state index in [0.29, 0.717) is 5.69 Å². The third-order valence-corrected chi connectivity index (χ3v) is 5.46. The fraction of sp³-hybridized carbons (Fsp3) is 0.370. The molecule has 0 bridgehead atoms. The smallest absolute Gasteiger partial charge is 0.246 e. The van der Waals surface area contributed by atoms with Gasteiger partial charge in [-0.2, -0.15) is 0 Å². The Morgan fingerprint density at radius 3 is 2.26 bits per heavy atom. The van der Waals surface area contributed by atoms with E-state index < -0.39 is 18.1 Å². The van der Waals surface area contributed by atoms with Gasteiger partial charge >= 0.3 is 0 Å². The zero-order valence-electron chi connectivity index (χ0n) is 20.3. The second-order valence-electron chi connectivity index (χ2n) is 8.57. The summed E-state index contributed by atoms with van der Waals surface area (Å²) in [4.78, 5) is 24.1. The zero-order valence-corrected chi connectivity index (χ0v) is 20.3. The fourth-order valence-electron chi connectivity index (χ4n) is 3.60. The van der Waals surface area contributed by atoms with Crippen LogP contribution in [0.1, 0.15) is 51.3 Å². The van der Waals surface area contributed by atoms with Gasteiger partial charge in [0.2, 0.25) is 11.8 Å². The molecule has 5 N–H and O–H groups in total. The quantitative estimate of drug-likeness (QED) is 0.243. The predicted octanol–water partition coefficient (Wildman–Crippen LogP) is 3.76. The van der Waals surface area contributed by atoms with Crippen LogP contribution in [0.15, 0.2) is 66.7 Å². The van der Waals surface area contributed by atoms with Crippen LogP contribution in [0.25, 0.3) is 0 Å². The minimum absolute atomic E-state index is 0.0505. The number of carbonyl (C=O) groups excluding carboxylic acids is 2. The van der Waals surface area contributed by atoms with Gasteiger partial charge < -0.3 is 26.5 Å². The summed E-state index contributed by atoms with van der Waals surface area (Å²) >= 11 is 0. The minimum atomic E-state index is -0.714. The highest BCUT2D eigenvalue weighted by Crippen LogP contribution is 2.20. The van der Waals surface area contributed by atoms with Gasteiger partial charge in [-0.1, -0.05) is 49.4 Å². The van der Waals surface area contributed by atoms with Gasteiger partial charge in [-0.3, -0.25) is 9.59 Å². The van der Waals surface area contributed by atoms with E-state index in [4.69, 9.17) is 5.41 Å². The van der Waals surface area contributed by atoms with Crippen LogP contribution in [0.4, 0.5) is 5.69 Å². The summed E-state index contributed by atoms with van der Waals surface area (Å²) in [5.41, 5.74) is 2.91. The molecule has 7 nitrogen and oxygen atoms in total. The topological polar surface area (TPSA) is 114 Å². The lowest BCUT2D eigenvalue weighted by molar-refractivity contribution is -0.123. The van der Waals surface area contributed by atoms with Crippen molar-refractivity contribution in [3.8, 4) is 0 Å². The highest BCUT2D eigenvalue weighted by molar-refractivity contribution is 6.01. The Kier molecular flexibility index (Phi) is 10.6. The Bertz CT molecular complexity index is 973. The first-order valence-electron chi connectivity index (χ1n) is 11.6. The maximum Gasteiger partial charge on any atom is 0.246 e. The molecule has 7 heteroatoms. The molecule has 1 unspecified atom stereocenters. The number of aliphatic hydroxyl groups is 1. The molecule has 34 heavy (non-hydrogen) atoms. The van der Waals surface area contributed by atoms with Crippen molar-refractivity contribution >= 4 is 23.2 Å². The summed E-state index contributed by atoms with van der Waals surface area (Å²) in [5, 5.41) is 26.9. The van der Waals surface area contributed by atoms with E-state index in [1.807, 2.05) is 54.6 Å². The molecule has 0 heterocycles. The van der Waals surface area contributed by atoms with E-state index in [1.54, 1.807) is 13.8 Å². The Morgan fingerprint density at radius 1 is 1.03 bits per heavy atom. The fourth-order valence-corrected chi connectivity index (χ4v) is 3.60.